The number of methoxy groups -OCH3 is 1. The zero-order chi connectivity index (χ0) is 14.7. The molecule has 2 aromatic rings. The van der Waals surface area contributed by atoms with Crippen LogP contribution in [0.4, 0.5) is 0 Å². The van der Waals surface area contributed by atoms with Gasteiger partial charge in [0.2, 0.25) is 5.78 Å². The lowest BCUT2D eigenvalue weighted by atomic mass is 9.99. The quantitative estimate of drug-likeness (QED) is 0.640. The van der Waals surface area contributed by atoms with Crippen LogP contribution in [-0.4, -0.2) is 18.9 Å². The number of esters is 1. The fraction of sp³-hybridized carbons (Fsp3) is 0.250. The Balaban J connectivity index is 2.26. The Hall–Kier alpha value is -1.94. The van der Waals surface area contributed by atoms with Crippen LogP contribution in [0.15, 0.2) is 30.3 Å². The summed E-state index contributed by atoms with van der Waals surface area (Å²) in [5, 5.41) is 0. The van der Waals surface area contributed by atoms with Crippen molar-refractivity contribution in [3.63, 3.8) is 0 Å². The van der Waals surface area contributed by atoms with Crippen molar-refractivity contribution in [2.24, 2.45) is 0 Å². The maximum atomic E-state index is 12.5. The van der Waals surface area contributed by atoms with Crippen LogP contribution in [0, 0.1) is 13.8 Å². The number of hydrogen-bond acceptors (Lipinski definition) is 4. The maximum Gasteiger partial charge on any atom is 0.310 e. The number of thiophene rings is 1. The second-order valence-corrected chi connectivity index (χ2v) is 5.76. The Morgan fingerprint density at radius 3 is 2.60 bits per heavy atom. The SMILES string of the molecule is COC(=O)Cc1ccc(C(=O)c2cccc(C)c2C)s1. The van der Waals surface area contributed by atoms with E-state index in [2.05, 4.69) is 4.74 Å². The van der Waals surface area contributed by atoms with Gasteiger partial charge in [-0.1, -0.05) is 18.2 Å². The van der Waals surface area contributed by atoms with Crippen molar-refractivity contribution in [1.82, 2.24) is 0 Å². The van der Waals surface area contributed by atoms with Crippen molar-refractivity contribution in [3.05, 3.63) is 56.8 Å². The highest BCUT2D eigenvalue weighted by molar-refractivity contribution is 7.14. The van der Waals surface area contributed by atoms with E-state index >= 15 is 0 Å². The van der Waals surface area contributed by atoms with E-state index in [-0.39, 0.29) is 18.2 Å². The molecule has 2 rings (SSSR count). The molecular weight excluding hydrogens is 272 g/mol. The molecule has 0 aliphatic heterocycles. The molecule has 0 unspecified atom stereocenters. The van der Waals surface area contributed by atoms with Crippen molar-refractivity contribution in [3.8, 4) is 0 Å². The highest BCUT2D eigenvalue weighted by Gasteiger charge is 2.15. The van der Waals surface area contributed by atoms with Gasteiger partial charge >= 0.3 is 5.97 Å². The molecule has 1 heterocycles. The van der Waals surface area contributed by atoms with Gasteiger partial charge < -0.3 is 4.74 Å². The lowest BCUT2D eigenvalue weighted by Crippen LogP contribution is -2.03. The Morgan fingerprint density at radius 1 is 1.15 bits per heavy atom. The van der Waals surface area contributed by atoms with E-state index < -0.39 is 0 Å². The number of carbonyl (C=O) groups excluding carboxylic acids is 2. The highest BCUT2D eigenvalue weighted by atomic mass is 32.1. The second-order valence-electron chi connectivity index (χ2n) is 4.60. The number of aryl methyl sites for hydroxylation is 1. The van der Waals surface area contributed by atoms with Crippen LogP contribution in [0.25, 0.3) is 0 Å². The zero-order valence-corrected chi connectivity index (χ0v) is 12.5. The van der Waals surface area contributed by atoms with E-state index in [0.717, 1.165) is 21.6 Å². The van der Waals surface area contributed by atoms with E-state index in [9.17, 15) is 9.59 Å². The van der Waals surface area contributed by atoms with Crippen molar-refractivity contribution in [2.45, 2.75) is 20.3 Å². The van der Waals surface area contributed by atoms with Crippen LogP contribution in [0.1, 0.15) is 31.2 Å². The lowest BCUT2D eigenvalue weighted by molar-refractivity contribution is -0.139. The monoisotopic (exact) mass is 288 g/mol. The molecule has 1 aromatic carbocycles. The summed E-state index contributed by atoms with van der Waals surface area (Å²) in [6.45, 7) is 3.94. The van der Waals surface area contributed by atoms with E-state index in [4.69, 9.17) is 0 Å². The number of benzene rings is 1. The number of ether oxygens (including phenoxy) is 1. The first kappa shape index (κ1) is 14.5. The fourth-order valence-corrected chi connectivity index (χ4v) is 2.89. The summed E-state index contributed by atoms with van der Waals surface area (Å²) in [6, 6.07) is 9.29. The summed E-state index contributed by atoms with van der Waals surface area (Å²) < 4.78 is 4.63. The van der Waals surface area contributed by atoms with E-state index in [1.807, 2.05) is 32.0 Å². The molecule has 104 valence electrons. The van der Waals surface area contributed by atoms with Crippen LogP contribution in [0.5, 0.6) is 0 Å². The van der Waals surface area contributed by atoms with Gasteiger partial charge in [-0.15, -0.1) is 11.3 Å². The average Bonchev–Trinajstić information content (AvgIpc) is 2.89. The van der Waals surface area contributed by atoms with Gasteiger partial charge in [-0.25, -0.2) is 0 Å². The van der Waals surface area contributed by atoms with Crippen LogP contribution in [0.2, 0.25) is 0 Å². The largest absolute Gasteiger partial charge is 0.469 e. The van der Waals surface area contributed by atoms with Crippen molar-refractivity contribution >= 4 is 23.1 Å². The molecular formula is C16H16O3S. The predicted octanol–water partition coefficient (Wildman–Crippen LogP) is 3.31. The summed E-state index contributed by atoms with van der Waals surface area (Å²) in [5.74, 6) is -0.287. The van der Waals surface area contributed by atoms with E-state index in [1.165, 1.54) is 18.4 Å². The summed E-state index contributed by atoms with van der Waals surface area (Å²) in [7, 11) is 1.36. The Kier molecular flexibility index (Phi) is 4.35. The van der Waals surface area contributed by atoms with Crippen molar-refractivity contribution in [2.75, 3.05) is 7.11 Å². The predicted molar refractivity (Wildman–Crippen MR) is 79.4 cm³/mol. The van der Waals surface area contributed by atoms with Gasteiger partial charge in [0.05, 0.1) is 18.4 Å². The number of carbonyl (C=O) groups is 2. The molecule has 3 nitrogen and oxygen atoms in total. The Bertz CT molecular complexity index is 655. The van der Waals surface area contributed by atoms with Gasteiger partial charge in [0.25, 0.3) is 0 Å². The van der Waals surface area contributed by atoms with Crippen LogP contribution in [-0.2, 0) is 16.0 Å². The highest BCUT2D eigenvalue weighted by Crippen LogP contribution is 2.23. The molecule has 0 atom stereocenters. The lowest BCUT2D eigenvalue weighted by Gasteiger charge is -2.06. The van der Waals surface area contributed by atoms with Gasteiger partial charge in [0, 0.05) is 10.4 Å². The van der Waals surface area contributed by atoms with Crippen LogP contribution < -0.4 is 0 Å². The number of hydrogen-bond donors (Lipinski definition) is 0. The van der Waals surface area contributed by atoms with Gasteiger partial charge in [0.1, 0.15) is 0 Å². The average molecular weight is 288 g/mol. The molecule has 0 amide bonds. The molecule has 1 aromatic heterocycles. The first-order chi connectivity index (χ1) is 9.52. The summed E-state index contributed by atoms with van der Waals surface area (Å²) in [4.78, 5) is 25.2. The fourth-order valence-electron chi connectivity index (χ4n) is 1.94. The van der Waals surface area contributed by atoms with Gasteiger partial charge in [-0.2, -0.15) is 0 Å². The summed E-state index contributed by atoms with van der Waals surface area (Å²) in [6.07, 6.45) is 0.210. The van der Waals surface area contributed by atoms with Gasteiger partial charge in [0.15, 0.2) is 0 Å². The third-order valence-electron chi connectivity index (χ3n) is 3.28. The molecule has 4 heteroatoms. The molecule has 0 fully saturated rings. The molecule has 0 aliphatic carbocycles. The van der Waals surface area contributed by atoms with Crippen molar-refractivity contribution in [1.29, 1.82) is 0 Å². The number of rotatable bonds is 4. The molecule has 0 aliphatic rings. The first-order valence-corrected chi connectivity index (χ1v) is 7.11. The first-order valence-electron chi connectivity index (χ1n) is 6.29. The third kappa shape index (κ3) is 2.96. The molecule has 0 radical (unpaired) electrons. The third-order valence-corrected chi connectivity index (χ3v) is 4.36. The minimum atomic E-state index is -0.294. The Labute approximate surface area is 122 Å². The minimum Gasteiger partial charge on any atom is -0.469 e. The molecule has 0 saturated heterocycles. The topological polar surface area (TPSA) is 43.4 Å². The molecule has 0 N–H and O–H groups in total. The Morgan fingerprint density at radius 2 is 1.90 bits per heavy atom. The molecule has 0 spiro atoms. The van der Waals surface area contributed by atoms with E-state index in [0.29, 0.717) is 4.88 Å². The summed E-state index contributed by atoms with van der Waals surface area (Å²) in [5.41, 5.74) is 2.82. The molecule has 0 bridgehead atoms. The van der Waals surface area contributed by atoms with E-state index in [1.54, 1.807) is 12.1 Å². The van der Waals surface area contributed by atoms with Crippen molar-refractivity contribution < 1.29 is 14.3 Å². The normalized spacial score (nSPS) is 10.3. The maximum absolute atomic E-state index is 12.5. The standard InChI is InChI=1S/C16H16O3S/c1-10-5-4-6-13(11(10)2)16(18)14-8-7-12(20-14)9-15(17)19-3/h4-8H,9H2,1-3H3. The molecule has 0 saturated carbocycles. The summed E-state index contributed by atoms with van der Waals surface area (Å²) >= 11 is 1.34. The van der Waals surface area contributed by atoms with Crippen LogP contribution in [0.3, 0.4) is 0 Å². The second kappa shape index (κ2) is 6.01. The zero-order valence-electron chi connectivity index (χ0n) is 11.7. The minimum absolute atomic E-state index is 0.00677. The van der Waals surface area contributed by atoms with Gasteiger partial charge in [-0.3, -0.25) is 9.59 Å². The smallest absolute Gasteiger partial charge is 0.310 e. The van der Waals surface area contributed by atoms with Crippen LogP contribution >= 0.6 is 11.3 Å². The van der Waals surface area contributed by atoms with Gasteiger partial charge in [-0.05, 0) is 37.1 Å². The number of ketones is 1. The molecule has 20 heavy (non-hydrogen) atoms.